The van der Waals surface area contributed by atoms with Crippen LogP contribution >= 0.6 is 0 Å². The summed E-state index contributed by atoms with van der Waals surface area (Å²) in [5, 5.41) is 0. The molecule has 2 heterocycles. The first kappa shape index (κ1) is 10.5. The molecule has 3 heteroatoms. The number of hydrogen-bond donors (Lipinski definition) is 1. The van der Waals surface area contributed by atoms with E-state index in [1.54, 1.807) is 0 Å². The van der Waals surface area contributed by atoms with Gasteiger partial charge in [0.25, 0.3) is 0 Å². The Balaban J connectivity index is 2.14. The molecule has 3 nitrogen and oxygen atoms in total. The predicted octanol–water partition coefficient (Wildman–Crippen LogP) is 2.52. The van der Waals surface area contributed by atoms with E-state index in [1.807, 2.05) is 19.2 Å². The first-order valence-electron chi connectivity index (χ1n) is 6.15. The lowest BCUT2D eigenvalue weighted by Gasteiger charge is -2.21. The monoisotopic (exact) mass is 227 g/mol. The van der Waals surface area contributed by atoms with Gasteiger partial charge in [0.1, 0.15) is 0 Å². The summed E-state index contributed by atoms with van der Waals surface area (Å²) in [5.41, 5.74) is 11.0. The van der Waals surface area contributed by atoms with Gasteiger partial charge in [0.2, 0.25) is 0 Å². The molecule has 0 amide bonds. The standard InChI is InChI=1S/C14H17N3/c1-10-13(6-3-8-16-10)17-9-7-11-12(15)4-2-5-14(11)17/h3,6-9,12H,2,4-5,15H2,1H3. The molecule has 2 N–H and O–H groups in total. The van der Waals surface area contributed by atoms with Crippen LogP contribution < -0.4 is 5.73 Å². The molecule has 0 bridgehead atoms. The van der Waals surface area contributed by atoms with Gasteiger partial charge in [-0.15, -0.1) is 0 Å². The summed E-state index contributed by atoms with van der Waals surface area (Å²) in [4.78, 5) is 4.35. The number of aromatic nitrogens is 2. The summed E-state index contributed by atoms with van der Waals surface area (Å²) in [7, 11) is 0. The lowest BCUT2D eigenvalue weighted by atomic mass is 9.93. The van der Waals surface area contributed by atoms with Gasteiger partial charge in [-0.25, -0.2) is 0 Å². The minimum Gasteiger partial charge on any atom is -0.324 e. The van der Waals surface area contributed by atoms with Crippen molar-refractivity contribution in [2.75, 3.05) is 0 Å². The molecular formula is C14H17N3. The Morgan fingerprint density at radius 2 is 2.29 bits per heavy atom. The molecule has 2 aromatic rings. The van der Waals surface area contributed by atoms with Crippen LogP contribution in [0.4, 0.5) is 0 Å². The number of fused-ring (bicyclic) bond motifs is 1. The molecular weight excluding hydrogens is 210 g/mol. The predicted molar refractivity (Wildman–Crippen MR) is 68.2 cm³/mol. The molecule has 1 atom stereocenters. The van der Waals surface area contributed by atoms with E-state index in [0.29, 0.717) is 0 Å². The van der Waals surface area contributed by atoms with Crippen LogP contribution in [0, 0.1) is 6.92 Å². The first-order chi connectivity index (χ1) is 8.27. The summed E-state index contributed by atoms with van der Waals surface area (Å²) < 4.78 is 2.25. The van der Waals surface area contributed by atoms with E-state index in [0.717, 1.165) is 18.5 Å². The van der Waals surface area contributed by atoms with E-state index in [1.165, 1.54) is 23.4 Å². The molecule has 0 spiro atoms. The molecule has 17 heavy (non-hydrogen) atoms. The molecule has 0 saturated carbocycles. The fraction of sp³-hybridized carbons (Fsp3) is 0.357. The quantitative estimate of drug-likeness (QED) is 0.813. The minimum atomic E-state index is 0.206. The van der Waals surface area contributed by atoms with Crippen LogP contribution in [-0.2, 0) is 6.42 Å². The molecule has 1 unspecified atom stereocenters. The third-order valence-corrected chi connectivity index (χ3v) is 3.59. The largest absolute Gasteiger partial charge is 0.324 e. The molecule has 1 aliphatic rings. The average molecular weight is 227 g/mol. The van der Waals surface area contributed by atoms with Crippen molar-refractivity contribution < 1.29 is 0 Å². The van der Waals surface area contributed by atoms with Crippen molar-refractivity contribution in [2.45, 2.75) is 32.2 Å². The lowest BCUT2D eigenvalue weighted by Crippen LogP contribution is -2.18. The molecule has 0 radical (unpaired) electrons. The van der Waals surface area contributed by atoms with E-state index in [-0.39, 0.29) is 6.04 Å². The third kappa shape index (κ3) is 1.67. The second kappa shape index (κ2) is 4.00. The molecule has 0 aromatic carbocycles. The molecule has 1 aliphatic carbocycles. The van der Waals surface area contributed by atoms with Gasteiger partial charge in [-0.3, -0.25) is 4.98 Å². The number of nitrogens with two attached hydrogens (primary N) is 1. The number of aryl methyl sites for hydroxylation is 1. The van der Waals surface area contributed by atoms with Gasteiger partial charge >= 0.3 is 0 Å². The molecule has 0 fully saturated rings. The van der Waals surface area contributed by atoms with Gasteiger partial charge in [0.15, 0.2) is 0 Å². The zero-order valence-electron chi connectivity index (χ0n) is 10.1. The molecule has 0 aliphatic heterocycles. The molecule has 2 aromatic heterocycles. The Morgan fingerprint density at radius 1 is 1.41 bits per heavy atom. The smallest absolute Gasteiger partial charge is 0.0665 e. The van der Waals surface area contributed by atoms with Crippen LogP contribution in [0.25, 0.3) is 5.69 Å². The van der Waals surface area contributed by atoms with Crippen LogP contribution in [0.5, 0.6) is 0 Å². The van der Waals surface area contributed by atoms with Crippen LogP contribution in [-0.4, -0.2) is 9.55 Å². The summed E-state index contributed by atoms with van der Waals surface area (Å²) in [5.74, 6) is 0. The third-order valence-electron chi connectivity index (χ3n) is 3.59. The minimum absolute atomic E-state index is 0.206. The van der Waals surface area contributed by atoms with E-state index in [9.17, 15) is 0 Å². The zero-order chi connectivity index (χ0) is 11.8. The lowest BCUT2D eigenvalue weighted by molar-refractivity contribution is 0.560. The van der Waals surface area contributed by atoms with Gasteiger partial charge in [-0.2, -0.15) is 0 Å². The maximum Gasteiger partial charge on any atom is 0.0665 e. The summed E-state index contributed by atoms with van der Waals surface area (Å²) >= 11 is 0. The van der Waals surface area contributed by atoms with Crippen molar-refractivity contribution in [1.29, 1.82) is 0 Å². The van der Waals surface area contributed by atoms with Crippen molar-refractivity contribution >= 4 is 0 Å². The highest BCUT2D eigenvalue weighted by Gasteiger charge is 2.21. The van der Waals surface area contributed by atoms with E-state index < -0.39 is 0 Å². The second-order valence-electron chi connectivity index (χ2n) is 4.69. The van der Waals surface area contributed by atoms with Gasteiger partial charge in [-0.1, -0.05) is 0 Å². The summed E-state index contributed by atoms with van der Waals surface area (Å²) in [6.07, 6.45) is 7.35. The van der Waals surface area contributed by atoms with Crippen LogP contribution in [0.3, 0.4) is 0 Å². The summed E-state index contributed by atoms with van der Waals surface area (Å²) in [6.45, 7) is 2.05. The maximum absolute atomic E-state index is 6.15. The van der Waals surface area contributed by atoms with Gasteiger partial charge < -0.3 is 10.3 Å². The Kier molecular flexibility index (Phi) is 2.48. The Hall–Kier alpha value is -1.61. The normalized spacial score (nSPS) is 19.1. The summed E-state index contributed by atoms with van der Waals surface area (Å²) in [6, 6.07) is 6.46. The van der Waals surface area contributed by atoms with Gasteiger partial charge in [0, 0.05) is 24.1 Å². The van der Waals surface area contributed by atoms with Crippen LogP contribution in [0.1, 0.15) is 35.8 Å². The molecule has 3 rings (SSSR count). The van der Waals surface area contributed by atoms with Crippen molar-refractivity contribution in [3.8, 4) is 5.69 Å². The van der Waals surface area contributed by atoms with Crippen LogP contribution in [0.15, 0.2) is 30.6 Å². The average Bonchev–Trinajstić information content (AvgIpc) is 2.75. The van der Waals surface area contributed by atoms with Crippen LogP contribution in [0.2, 0.25) is 0 Å². The van der Waals surface area contributed by atoms with Crippen molar-refractivity contribution in [2.24, 2.45) is 5.73 Å². The van der Waals surface area contributed by atoms with Crippen molar-refractivity contribution in [3.05, 3.63) is 47.5 Å². The van der Waals surface area contributed by atoms with E-state index >= 15 is 0 Å². The highest BCUT2D eigenvalue weighted by molar-refractivity contribution is 5.42. The molecule has 88 valence electrons. The Labute approximate surface area is 101 Å². The Morgan fingerprint density at radius 3 is 3.12 bits per heavy atom. The zero-order valence-corrected chi connectivity index (χ0v) is 10.1. The number of nitrogens with zero attached hydrogens (tertiary/aromatic N) is 2. The number of pyridine rings is 1. The molecule has 0 saturated heterocycles. The Bertz CT molecular complexity index is 542. The van der Waals surface area contributed by atoms with Crippen molar-refractivity contribution in [1.82, 2.24) is 9.55 Å². The fourth-order valence-electron chi connectivity index (χ4n) is 2.68. The van der Waals surface area contributed by atoms with Gasteiger partial charge in [0.05, 0.1) is 11.4 Å². The fourth-order valence-corrected chi connectivity index (χ4v) is 2.68. The number of hydrogen-bond acceptors (Lipinski definition) is 2. The van der Waals surface area contributed by atoms with E-state index in [4.69, 9.17) is 5.73 Å². The van der Waals surface area contributed by atoms with Gasteiger partial charge in [-0.05, 0) is 49.9 Å². The topological polar surface area (TPSA) is 43.8 Å². The SMILES string of the molecule is Cc1ncccc1-n1ccc2c1CCCC2N. The maximum atomic E-state index is 6.15. The highest BCUT2D eigenvalue weighted by atomic mass is 15.0. The highest BCUT2D eigenvalue weighted by Crippen LogP contribution is 2.30. The van der Waals surface area contributed by atoms with E-state index in [2.05, 4.69) is 27.9 Å². The second-order valence-corrected chi connectivity index (χ2v) is 4.69. The number of rotatable bonds is 1. The van der Waals surface area contributed by atoms with Crippen molar-refractivity contribution in [3.63, 3.8) is 0 Å². The first-order valence-corrected chi connectivity index (χ1v) is 6.15.